The van der Waals surface area contributed by atoms with Crippen LogP contribution in [-0.2, 0) is 9.57 Å². The predicted octanol–water partition coefficient (Wildman–Crippen LogP) is 1.05. The lowest BCUT2D eigenvalue weighted by atomic mass is 10.0. The molecule has 3 heteroatoms. The standard InChI is InChI=1S/C7H13NO2/c1-8-10-6-7-2-4-9-5-3-7/h7H,1-6H2. The van der Waals surface area contributed by atoms with Gasteiger partial charge in [-0.05, 0) is 12.8 Å². The SMILES string of the molecule is C=NOCC1CCOCC1. The Labute approximate surface area is 61.0 Å². The monoisotopic (exact) mass is 143 g/mol. The summed E-state index contributed by atoms with van der Waals surface area (Å²) in [6.45, 7) is 5.68. The maximum atomic E-state index is 5.18. The third kappa shape index (κ3) is 2.35. The van der Waals surface area contributed by atoms with E-state index in [9.17, 15) is 0 Å². The Kier molecular flexibility index (Phi) is 3.22. The van der Waals surface area contributed by atoms with Crippen LogP contribution >= 0.6 is 0 Å². The summed E-state index contributed by atoms with van der Waals surface area (Å²) in [6.07, 6.45) is 2.19. The van der Waals surface area contributed by atoms with Gasteiger partial charge in [0.2, 0.25) is 0 Å². The van der Waals surface area contributed by atoms with Gasteiger partial charge in [-0.1, -0.05) is 0 Å². The van der Waals surface area contributed by atoms with Gasteiger partial charge in [0.1, 0.15) is 6.61 Å². The number of nitrogens with zero attached hydrogens (tertiary/aromatic N) is 1. The van der Waals surface area contributed by atoms with E-state index in [4.69, 9.17) is 9.57 Å². The molecule has 10 heavy (non-hydrogen) atoms. The van der Waals surface area contributed by atoms with Crippen LogP contribution < -0.4 is 0 Å². The lowest BCUT2D eigenvalue weighted by Crippen LogP contribution is -2.19. The fourth-order valence-corrected chi connectivity index (χ4v) is 1.07. The third-order valence-corrected chi connectivity index (χ3v) is 1.74. The molecule has 3 nitrogen and oxygen atoms in total. The van der Waals surface area contributed by atoms with Crippen LogP contribution in [0, 0.1) is 5.92 Å². The van der Waals surface area contributed by atoms with Gasteiger partial charge >= 0.3 is 0 Å². The zero-order valence-electron chi connectivity index (χ0n) is 6.08. The summed E-state index contributed by atoms with van der Waals surface area (Å²) >= 11 is 0. The van der Waals surface area contributed by atoms with Crippen LogP contribution in [0.4, 0.5) is 0 Å². The fourth-order valence-electron chi connectivity index (χ4n) is 1.07. The second-order valence-corrected chi connectivity index (χ2v) is 2.48. The van der Waals surface area contributed by atoms with Gasteiger partial charge in [-0.2, -0.15) is 0 Å². The van der Waals surface area contributed by atoms with Crippen molar-refractivity contribution in [2.75, 3.05) is 19.8 Å². The highest BCUT2D eigenvalue weighted by molar-refractivity contribution is 5.21. The smallest absolute Gasteiger partial charge is 0.120 e. The number of hydrogen-bond acceptors (Lipinski definition) is 3. The molecule has 0 atom stereocenters. The minimum Gasteiger partial charge on any atom is -0.396 e. The summed E-state index contributed by atoms with van der Waals surface area (Å²) < 4.78 is 5.18. The average molecular weight is 143 g/mol. The molecule has 0 unspecified atom stereocenters. The minimum atomic E-state index is 0.624. The first kappa shape index (κ1) is 7.54. The molecule has 0 aromatic rings. The zero-order chi connectivity index (χ0) is 7.23. The molecule has 0 amide bonds. The van der Waals surface area contributed by atoms with Crippen LogP contribution in [0.1, 0.15) is 12.8 Å². The second-order valence-electron chi connectivity index (χ2n) is 2.48. The molecule has 1 aliphatic heterocycles. The van der Waals surface area contributed by atoms with E-state index in [1.54, 1.807) is 0 Å². The highest BCUT2D eigenvalue weighted by Gasteiger charge is 2.13. The lowest BCUT2D eigenvalue weighted by Gasteiger charge is -2.20. The molecule has 0 bridgehead atoms. The largest absolute Gasteiger partial charge is 0.396 e. The van der Waals surface area contributed by atoms with Crippen molar-refractivity contribution >= 4 is 6.72 Å². The molecule has 0 aromatic heterocycles. The topological polar surface area (TPSA) is 30.8 Å². The van der Waals surface area contributed by atoms with Crippen molar-refractivity contribution in [1.82, 2.24) is 0 Å². The lowest BCUT2D eigenvalue weighted by molar-refractivity contribution is 0.0230. The molecule has 1 fully saturated rings. The zero-order valence-corrected chi connectivity index (χ0v) is 6.08. The molecule has 0 N–H and O–H groups in total. The molecular formula is C7H13NO2. The van der Waals surface area contributed by atoms with E-state index in [1.165, 1.54) is 0 Å². The number of rotatable bonds is 3. The summed E-state index contributed by atoms with van der Waals surface area (Å²) in [7, 11) is 0. The number of hydrogen-bond donors (Lipinski definition) is 0. The quantitative estimate of drug-likeness (QED) is 0.436. The van der Waals surface area contributed by atoms with Crippen molar-refractivity contribution in [2.45, 2.75) is 12.8 Å². The molecule has 0 saturated carbocycles. The van der Waals surface area contributed by atoms with E-state index in [0.29, 0.717) is 12.5 Å². The molecule has 1 heterocycles. The van der Waals surface area contributed by atoms with Crippen molar-refractivity contribution in [3.05, 3.63) is 0 Å². The van der Waals surface area contributed by atoms with Crippen LogP contribution in [-0.4, -0.2) is 26.5 Å². The first-order valence-corrected chi connectivity index (χ1v) is 3.59. The maximum absolute atomic E-state index is 5.18. The molecule has 1 saturated heterocycles. The predicted molar refractivity (Wildman–Crippen MR) is 39.0 cm³/mol. The maximum Gasteiger partial charge on any atom is 0.120 e. The molecule has 0 spiro atoms. The van der Waals surface area contributed by atoms with Crippen LogP contribution in [0.15, 0.2) is 5.16 Å². The van der Waals surface area contributed by atoms with Gasteiger partial charge in [0.05, 0.1) is 0 Å². The van der Waals surface area contributed by atoms with Gasteiger partial charge in [-0.3, -0.25) is 0 Å². The summed E-state index contributed by atoms with van der Waals surface area (Å²) in [5, 5.41) is 3.34. The van der Waals surface area contributed by atoms with E-state index in [0.717, 1.165) is 26.1 Å². The summed E-state index contributed by atoms with van der Waals surface area (Å²) in [4.78, 5) is 4.83. The summed E-state index contributed by atoms with van der Waals surface area (Å²) in [6, 6.07) is 0. The molecule has 1 aliphatic rings. The van der Waals surface area contributed by atoms with Gasteiger partial charge in [0.15, 0.2) is 0 Å². The van der Waals surface area contributed by atoms with Crippen molar-refractivity contribution < 1.29 is 9.57 Å². The summed E-state index contributed by atoms with van der Waals surface area (Å²) in [5.74, 6) is 0.624. The Bertz CT molecular complexity index is 99.8. The fraction of sp³-hybridized carbons (Fsp3) is 0.857. The number of oxime groups is 1. The van der Waals surface area contributed by atoms with Crippen LogP contribution in [0.25, 0.3) is 0 Å². The van der Waals surface area contributed by atoms with E-state index in [2.05, 4.69) is 11.9 Å². The van der Waals surface area contributed by atoms with Gasteiger partial charge in [-0.15, -0.1) is 5.16 Å². The van der Waals surface area contributed by atoms with E-state index >= 15 is 0 Å². The average Bonchev–Trinajstić information content (AvgIpc) is 2.03. The highest BCUT2D eigenvalue weighted by Crippen LogP contribution is 2.14. The Morgan fingerprint density at radius 3 is 2.80 bits per heavy atom. The van der Waals surface area contributed by atoms with Crippen molar-refractivity contribution in [3.8, 4) is 0 Å². The van der Waals surface area contributed by atoms with Crippen LogP contribution in [0.5, 0.6) is 0 Å². The van der Waals surface area contributed by atoms with Crippen molar-refractivity contribution in [1.29, 1.82) is 0 Å². The van der Waals surface area contributed by atoms with E-state index in [-0.39, 0.29) is 0 Å². The molecular weight excluding hydrogens is 130 g/mol. The molecule has 0 aromatic carbocycles. The van der Waals surface area contributed by atoms with Gasteiger partial charge in [0, 0.05) is 25.8 Å². The Morgan fingerprint density at radius 2 is 2.20 bits per heavy atom. The second kappa shape index (κ2) is 4.28. The Balaban J connectivity index is 2.07. The van der Waals surface area contributed by atoms with Gasteiger partial charge in [0.25, 0.3) is 0 Å². The van der Waals surface area contributed by atoms with Crippen LogP contribution in [0.2, 0.25) is 0 Å². The highest BCUT2D eigenvalue weighted by atomic mass is 16.6. The van der Waals surface area contributed by atoms with Crippen molar-refractivity contribution in [2.24, 2.45) is 11.1 Å². The van der Waals surface area contributed by atoms with E-state index < -0.39 is 0 Å². The summed E-state index contributed by atoms with van der Waals surface area (Å²) in [5.41, 5.74) is 0. The minimum absolute atomic E-state index is 0.624. The first-order chi connectivity index (χ1) is 4.93. The van der Waals surface area contributed by atoms with Gasteiger partial charge in [-0.25, -0.2) is 0 Å². The van der Waals surface area contributed by atoms with Crippen LogP contribution in [0.3, 0.4) is 0 Å². The Hall–Kier alpha value is -0.570. The van der Waals surface area contributed by atoms with Gasteiger partial charge < -0.3 is 9.57 Å². The first-order valence-electron chi connectivity index (χ1n) is 3.59. The molecule has 0 radical (unpaired) electrons. The molecule has 1 rings (SSSR count). The number of ether oxygens (including phenoxy) is 1. The molecule has 58 valence electrons. The molecule has 0 aliphatic carbocycles. The third-order valence-electron chi connectivity index (χ3n) is 1.74. The van der Waals surface area contributed by atoms with E-state index in [1.807, 2.05) is 0 Å². The normalized spacial score (nSPS) is 20.4. The van der Waals surface area contributed by atoms with Crippen molar-refractivity contribution in [3.63, 3.8) is 0 Å². The Morgan fingerprint density at radius 1 is 1.50 bits per heavy atom.